The minimum Gasteiger partial charge on any atom is -0.355 e. The van der Waals surface area contributed by atoms with Crippen LogP contribution in [0.5, 0.6) is 0 Å². The van der Waals surface area contributed by atoms with E-state index in [4.69, 9.17) is 0 Å². The van der Waals surface area contributed by atoms with Gasteiger partial charge in [-0.25, -0.2) is 0 Å². The van der Waals surface area contributed by atoms with E-state index in [1.54, 1.807) is 0 Å². The predicted octanol–water partition coefficient (Wildman–Crippen LogP) is 2.46. The van der Waals surface area contributed by atoms with Crippen molar-refractivity contribution in [2.75, 3.05) is 6.54 Å². The number of rotatable bonds is 8. The van der Waals surface area contributed by atoms with Crippen molar-refractivity contribution in [3.05, 3.63) is 0 Å². The summed E-state index contributed by atoms with van der Waals surface area (Å²) in [5.74, 6) is 0.125. The highest BCUT2D eigenvalue weighted by Gasteiger charge is 2.32. The van der Waals surface area contributed by atoms with E-state index >= 15 is 0 Å². The minimum atomic E-state index is -0.417. The lowest BCUT2D eigenvalue weighted by Crippen LogP contribution is -2.57. The van der Waals surface area contributed by atoms with Crippen LogP contribution in [0.1, 0.15) is 60.3 Å². The zero-order chi connectivity index (χ0) is 12.6. The lowest BCUT2D eigenvalue weighted by Gasteiger charge is -2.32. The quantitative estimate of drug-likeness (QED) is 0.670. The normalized spacial score (nSPS) is 16.6. The number of hydrogen-bond donors (Lipinski definition) is 2. The van der Waals surface area contributed by atoms with Crippen molar-refractivity contribution < 1.29 is 4.79 Å². The molecule has 0 saturated carbocycles. The molecule has 0 aliphatic rings. The van der Waals surface area contributed by atoms with Gasteiger partial charge >= 0.3 is 0 Å². The molecule has 0 aliphatic heterocycles. The molecule has 1 amide bonds. The number of amides is 1. The molecule has 0 aromatic rings. The van der Waals surface area contributed by atoms with Crippen LogP contribution < -0.4 is 10.6 Å². The van der Waals surface area contributed by atoms with E-state index < -0.39 is 5.54 Å². The minimum absolute atomic E-state index is 0.125. The monoisotopic (exact) mass is 228 g/mol. The summed E-state index contributed by atoms with van der Waals surface area (Å²) < 4.78 is 0. The predicted molar refractivity (Wildman–Crippen MR) is 69.5 cm³/mol. The lowest BCUT2D eigenvalue weighted by atomic mass is 9.93. The van der Waals surface area contributed by atoms with Gasteiger partial charge in [0.15, 0.2) is 0 Å². The number of carbonyl (C=O) groups excluding carboxylic acids is 1. The fourth-order valence-corrected chi connectivity index (χ4v) is 2.16. The van der Waals surface area contributed by atoms with E-state index in [0.29, 0.717) is 12.6 Å². The first-order valence-electron chi connectivity index (χ1n) is 6.56. The lowest BCUT2D eigenvalue weighted by molar-refractivity contribution is -0.127. The molecule has 0 aliphatic carbocycles. The zero-order valence-corrected chi connectivity index (χ0v) is 11.5. The fourth-order valence-electron chi connectivity index (χ4n) is 2.16. The molecule has 0 fully saturated rings. The molecule has 0 spiro atoms. The first kappa shape index (κ1) is 15.4. The van der Waals surface area contributed by atoms with Crippen molar-refractivity contribution in [1.29, 1.82) is 0 Å². The molecule has 0 bridgehead atoms. The van der Waals surface area contributed by atoms with Gasteiger partial charge in [-0.1, -0.05) is 26.7 Å². The average Bonchev–Trinajstić information content (AvgIpc) is 2.18. The Morgan fingerprint density at radius 2 is 1.88 bits per heavy atom. The number of nitrogens with one attached hydrogen (secondary N) is 2. The molecule has 2 N–H and O–H groups in total. The van der Waals surface area contributed by atoms with Crippen LogP contribution in [0.15, 0.2) is 0 Å². The van der Waals surface area contributed by atoms with E-state index in [1.165, 1.54) is 0 Å². The molecule has 0 aromatic heterocycles. The van der Waals surface area contributed by atoms with Crippen molar-refractivity contribution in [1.82, 2.24) is 10.6 Å². The second kappa shape index (κ2) is 7.66. The van der Waals surface area contributed by atoms with Crippen LogP contribution in [0.4, 0.5) is 0 Å². The van der Waals surface area contributed by atoms with Crippen molar-refractivity contribution >= 4 is 5.91 Å². The second-order valence-corrected chi connectivity index (χ2v) is 4.78. The Morgan fingerprint density at radius 3 is 2.31 bits per heavy atom. The summed E-state index contributed by atoms with van der Waals surface area (Å²) in [5, 5.41) is 6.38. The summed E-state index contributed by atoms with van der Waals surface area (Å²) in [6.07, 6.45) is 4.15. The number of carbonyl (C=O) groups is 1. The molecule has 96 valence electrons. The van der Waals surface area contributed by atoms with Gasteiger partial charge in [0.05, 0.1) is 5.54 Å². The molecular formula is C13H28N2O. The van der Waals surface area contributed by atoms with Gasteiger partial charge < -0.3 is 10.6 Å². The van der Waals surface area contributed by atoms with Crippen LogP contribution in [-0.2, 0) is 4.79 Å². The largest absolute Gasteiger partial charge is 0.355 e. The second-order valence-electron chi connectivity index (χ2n) is 4.78. The maximum Gasteiger partial charge on any atom is 0.240 e. The van der Waals surface area contributed by atoms with Gasteiger partial charge in [0, 0.05) is 12.6 Å². The summed E-state index contributed by atoms with van der Waals surface area (Å²) in [6.45, 7) is 11.1. The first-order chi connectivity index (χ1) is 7.50. The van der Waals surface area contributed by atoms with Gasteiger partial charge in [-0.05, 0) is 33.6 Å². The van der Waals surface area contributed by atoms with Crippen LogP contribution in [-0.4, -0.2) is 24.0 Å². The molecule has 2 atom stereocenters. The van der Waals surface area contributed by atoms with E-state index in [0.717, 1.165) is 25.7 Å². The Balaban J connectivity index is 4.48. The molecule has 0 heterocycles. The Kier molecular flexibility index (Phi) is 7.39. The Morgan fingerprint density at radius 1 is 1.25 bits per heavy atom. The molecule has 3 heteroatoms. The number of likely N-dealkylation sites (N-methyl/N-ethyl adjacent to an activating group) is 1. The smallest absolute Gasteiger partial charge is 0.240 e. The molecule has 16 heavy (non-hydrogen) atoms. The zero-order valence-electron chi connectivity index (χ0n) is 11.5. The standard InChI is InChI=1S/C13H28N2O/c1-6-9-11(4)15-13(5,10-7-2)12(16)14-8-3/h11,15H,6-10H2,1-5H3,(H,14,16). The van der Waals surface area contributed by atoms with E-state index in [1.807, 2.05) is 13.8 Å². The highest BCUT2D eigenvalue weighted by atomic mass is 16.2. The third-order valence-corrected chi connectivity index (χ3v) is 2.88. The summed E-state index contributed by atoms with van der Waals surface area (Å²) in [6, 6.07) is 0.393. The maximum atomic E-state index is 12.0. The summed E-state index contributed by atoms with van der Waals surface area (Å²) in [7, 11) is 0. The van der Waals surface area contributed by atoms with E-state index in [2.05, 4.69) is 31.4 Å². The highest BCUT2D eigenvalue weighted by molar-refractivity contribution is 5.85. The summed E-state index contributed by atoms with van der Waals surface area (Å²) in [5.41, 5.74) is -0.417. The number of hydrogen-bond acceptors (Lipinski definition) is 2. The van der Waals surface area contributed by atoms with Crippen LogP contribution >= 0.6 is 0 Å². The third kappa shape index (κ3) is 4.97. The molecule has 3 nitrogen and oxygen atoms in total. The maximum absolute atomic E-state index is 12.0. The van der Waals surface area contributed by atoms with Crippen LogP contribution in [0, 0.1) is 0 Å². The first-order valence-corrected chi connectivity index (χ1v) is 6.56. The Hall–Kier alpha value is -0.570. The van der Waals surface area contributed by atoms with Crippen molar-refractivity contribution in [3.8, 4) is 0 Å². The van der Waals surface area contributed by atoms with Crippen LogP contribution in [0.2, 0.25) is 0 Å². The van der Waals surface area contributed by atoms with E-state index in [9.17, 15) is 4.79 Å². The molecule has 0 aromatic carbocycles. The summed E-state index contributed by atoms with van der Waals surface area (Å²) in [4.78, 5) is 12.0. The van der Waals surface area contributed by atoms with Gasteiger partial charge in [-0.3, -0.25) is 4.79 Å². The molecule has 0 rings (SSSR count). The van der Waals surface area contributed by atoms with Crippen LogP contribution in [0.3, 0.4) is 0 Å². The topological polar surface area (TPSA) is 41.1 Å². The Bertz CT molecular complexity index is 206. The fraction of sp³-hybridized carbons (Fsp3) is 0.923. The van der Waals surface area contributed by atoms with E-state index in [-0.39, 0.29) is 5.91 Å². The van der Waals surface area contributed by atoms with Gasteiger partial charge in [-0.2, -0.15) is 0 Å². The molecule has 2 unspecified atom stereocenters. The van der Waals surface area contributed by atoms with Gasteiger partial charge in [0.2, 0.25) is 5.91 Å². The molecular weight excluding hydrogens is 200 g/mol. The summed E-state index contributed by atoms with van der Waals surface area (Å²) >= 11 is 0. The highest BCUT2D eigenvalue weighted by Crippen LogP contribution is 2.15. The SMILES string of the molecule is CCCC(C)NC(C)(CCC)C(=O)NCC. The van der Waals surface area contributed by atoms with Crippen molar-refractivity contribution in [2.24, 2.45) is 0 Å². The molecule has 0 saturated heterocycles. The van der Waals surface area contributed by atoms with Crippen molar-refractivity contribution in [2.45, 2.75) is 71.9 Å². The van der Waals surface area contributed by atoms with Crippen molar-refractivity contribution in [3.63, 3.8) is 0 Å². The van der Waals surface area contributed by atoms with Crippen LogP contribution in [0.25, 0.3) is 0 Å². The average molecular weight is 228 g/mol. The van der Waals surface area contributed by atoms with Gasteiger partial charge in [-0.15, -0.1) is 0 Å². The Labute approximate surface area is 100 Å². The van der Waals surface area contributed by atoms with Gasteiger partial charge in [0.25, 0.3) is 0 Å². The molecule has 0 radical (unpaired) electrons. The van der Waals surface area contributed by atoms with Gasteiger partial charge in [0.1, 0.15) is 0 Å². The third-order valence-electron chi connectivity index (χ3n) is 2.88.